The molecule has 3 aliphatic rings. The van der Waals surface area contributed by atoms with Gasteiger partial charge in [-0.25, -0.2) is 9.59 Å². The van der Waals surface area contributed by atoms with E-state index >= 15 is 0 Å². The molecule has 1 aliphatic carbocycles. The second kappa shape index (κ2) is 21.2. The fraction of sp³-hybridized carbons (Fsp3) is 0.547. The van der Waals surface area contributed by atoms with E-state index in [2.05, 4.69) is 29.8 Å². The van der Waals surface area contributed by atoms with Crippen LogP contribution in [0.5, 0.6) is 0 Å². The van der Waals surface area contributed by atoms with E-state index in [4.69, 9.17) is 14.5 Å². The van der Waals surface area contributed by atoms with Crippen molar-refractivity contribution < 1.29 is 33.4 Å². The molecule has 1 atom stereocenters. The quantitative estimate of drug-likeness (QED) is 0.145. The van der Waals surface area contributed by atoms with Gasteiger partial charge in [-0.15, -0.1) is 0 Å². The highest BCUT2D eigenvalue weighted by molar-refractivity contribution is 5.98. The molecule has 2 fully saturated rings. The van der Waals surface area contributed by atoms with E-state index in [0.717, 1.165) is 77.7 Å². The zero-order valence-corrected chi connectivity index (χ0v) is 40.1. The van der Waals surface area contributed by atoms with Gasteiger partial charge in [0.15, 0.2) is 0 Å². The molecular formula is C53H71N5O7. The molecule has 4 amide bonds. The van der Waals surface area contributed by atoms with Gasteiger partial charge >= 0.3 is 12.2 Å². The summed E-state index contributed by atoms with van der Waals surface area (Å²) in [6.45, 7) is 19.0. The zero-order valence-electron chi connectivity index (χ0n) is 40.1. The normalized spacial score (nSPS) is 18.3. The predicted octanol–water partition coefficient (Wildman–Crippen LogP) is 10.6. The Morgan fingerprint density at radius 1 is 0.800 bits per heavy atom. The lowest BCUT2D eigenvalue weighted by molar-refractivity contribution is -0.129. The lowest BCUT2D eigenvalue weighted by atomic mass is 9.77. The standard InChI is InChI=1S/C53H71N5O7/c1-33(2)26-44-29-39-18-20-43(31-46(39)55-44)57-49(61)41(30-47(59)38-16-12-36(13-17-38)32-54-50(62)64-52(4,5)6)28-35-10-14-37(15-11-35)45-21-19-40(27-34(45)3)48(60)56-42-22-24-58(25-23-42)51(63)65-53(7,8)9/h10-11,14-15,18-21,27,31,33,36,38,41-42H,12-13,16-17,22-26,28-30,32H2,1-9H3,(H,54,62)(H,56,60)(H,57,61)/t36?,38?,41-/m1/s1. The number of rotatable bonds is 14. The van der Waals surface area contributed by atoms with Crippen LogP contribution >= 0.6 is 0 Å². The van der Waals surface area contributed by atoms with Crippen molar-refractivity contribution in [2.75, 3.05) is 25.0 Å². The predicted molar refractivity (Wildman–Crippen MR) is 257 cm³/mol. The number of ketones is 1. The third-order valence-corrected chi connectivity index (χ3v) is 12.4. The third kappa shape index (κ3) is 14.5. The van der Waals surface area contributed by atoms with E-state index in [0.29, 0.717) is 56.1 Å². The Kier molecular flexibility index (Phi) is 16.0. The summed E-state index contributed by atoms with van der Waals surface area (Å²) < 4.78 is 10.9. The van der Waals surface area contributed by atoms with Gasteiger partial charge in [-0.05, 0) is 164 Å². The van der Waals surface area contributed by atoms with Crippen LogP contribution in [0.1, 0.15) is 134 Å². The summed E-state index contributed by atoms with van der Waals surface area (Å²) in [4.78, 5) is 72.7. The Balaban J connectivity index is 1.09. The number of Topliss-reactive ketones (excluding diaryl/α,β-unsaturated/α-hetero) is 1. The van der Waals surface area contributed by atoms with E-state index in [-0.39, 0.29) is 48.0 Å². The van der Waals surface area contributed by atoms with Gasteiger partial charge in [0.05, 0.1) is 5.69 Å². The van der Waals surface area contributed by atoms with E-state index in [9.17, 15) is 24.0 Å². The molecule has 12 nitrogen and oxygen atoms in total. The van der Waals surface area contributed by atoms with Crippen molar-refractivity contribution in [1.29, 1.82) is 0 Å². The Morgan fingerprint density at radius 3 is 2.11 bits per heavy atom. The van der Waals surface area contributed by atoms with Crippen molar-refractivity contribution in [2.24, 2.45) is 28.7 Å². The van der Waals surface area contributed by atoms with Gasteiger partial charge in [0, 0.05) is 67.3 Å². The molecule has 0 unspecified atom stereocenters. The molecule has 0 bridgehead atoms. The average Bonchev–Trinajstić information content (AvgIpc) is 3.63. The Morgan fingerprint density at radius 2 is 1.48 bits per heavy atom. The molecule has 0 spiro atoms. The molecule has 2 aliphatic heterocycles. The maximum Gasteiger partial charge on any atom is 0.410 e. The number of hydrogen-bond acceptors (Lipinski definition) is 8. The SMILES string of the molecule is Cc1cc(C(=O)NC2CCN(C(=O)OC(C)(C)C)CC2)ccc1-c1ccc(C[C@H](CC(=O)C2CCC(CNC(=O)OC(C)(C)C)CC2)C(=O)Nc2ccc3c(c2)N=C(CC(C)C)C3)cc1. The number of carbonyl (C=O) groups is 5. The number of hydrogen-bond donors (Lipinski definition) is 3. The molecule has 1 saturated heterocycles. The van der Waals surface area contributed by atoms with Gasteiger partial charge in [0.1, 0.15) is 17.0 Å². The number of piperidine rings is 1. The van der Waals surface area contributed by atoms with Gasteiger partial charge in [-0.2, -0.15) is 0 Å². The molecule has 0 aromatic heterocycles. The number of aryl methyl sites for hydroxylation is 1. The first kappa shape index (κ1) is 48.9. The lowest BCUT2D eigenvalue weighted by Crippen LogP contribution is -2.47. The summed E-state index contributed by atoms with van der Waals surface area (Å²) in [5.41, 5.74) is 7.22. The molecule has 2 heterocycles. The maximum atomic E-state index is 14.2. The van der Waals surface area contributed by atoms with E-state index in [1.807, 2.05) is 109 Å². The molecule has 1 saturated carbocycles. The van der Waals surface area contributed by atoms with Crippen LogP contribution in [0.25, 0.3) is 11.1 Å². The van der Waals surface area contributed by atoms with Crippen molar-refractivity contribution in [3.05, 3.63) is 82.9 Å². The number of ether oxygens (including phenoxy) is 2. The van der Waals surface area contributed by atoms with E-state index in [1.165, 1.54) is 0 Å². The lowest BCUT2D eigenvalue weighted by Gasteiger charge is -2.33. The number of benzene rings is 3. The molecule has 0 radical (unpaired) electrons. The molecular weight excluding hydrogens is 819 g/mol. The van der Waals surface area contributed by atoms with E-state index in [1.54, 1.807) is 4.90 Å². The number of nitrogens with one attached hydrogen (secondary N) is 3. The van der Waals surface area contributed by atoms with Gasteiger partial charge in [0.2, 0.25) is 5.91 Å². The minimum absolute atomic E-state index is 0.0323. The molecule has 3 aromatic rings. The van der Waals surface area contributed by atoms with Gasteiger partial charge in [-0.1, -0.05) is 50.2 Å². The number of aliphatic imine (C=N–C) groups is 1. The Hall–Kier alpha value is -5.52. The summed E-state index contributed by atoms with van der Waals surface area (Å²) in [6.07, 6.45) is 5.93. The van der Waals surface area contributed by atoms with Crippen LogP contribution in [0, 0.1) is 30.6 Å². The topological polar surface area (TPSA) is 156 Å². The monoisotopic (exact) mass is 890 g/mol. The molecule has 12 heteroatoms. The van der Waals surface area contributed by atoms with Crippen LogP contribution in [-0.4, -0.2) is 77.3 Å². The second-order valence-electron chi connectivity index (χ2n) is 20.9. The number of carbonyl (C=O) groups excluding carboxylic acids is 5. The van der Waals surface area contributed by atoms with Crippen molar-refractivity contribution in [1.82, 2.24) is 15.5 Å². The fourth-order valence-electron chi connectivity index (χ4n) is 9.09. The van der Waals surface area contributed by atoms with Crippen LogP contribution in [0.3, 0.4) is 0 Å². The highest BCUT2D eigenvalue weighted by atomic mass is 16.6. The number of nitrogens with zero attached hydrogens (tertiary/aromatic N) is 2. The fourth-order valence-corrected chi connectivity index (χ4v) is 9.09. The minimum atomic E-state index is -0.586. The highest BCUT2D eigenvalue weighted by Crippen LogP contribution is 2.34. The molecule has 3 N–H and O–H groups in total. The summed E-state index contributed by atoms with van der Waals surface area (Å²) in [5.74, 6) is -0.176. The van der Waals surface area contributed by atoms with Crippen LogP contribution in [0.15, 0.2) is 65.7 Å². The van der Waals surface area contributed by atoms with Crippen LogP contribution in [0.4, 0.5) is 21.0 Å². The molecule has 65 heavy (non-hydrogen) atoms. The van der Waals surface area contributed by atoms with Crippen LogP contribution in [-0.2, 0) is 31.9 Å². The van der Waals surface area contributed by atoms with Crippen molar-refractivity contribution in [3.63, 3.8) is 0 Å². The largest absolute Gasteiger partial charge is 0.444 e. The molecule has 6 rings (SSSR count). The zero-order chi connectivity index (χ0) is 47.1. The van der Waals surface area contributed by atoms with Gasteiger partial charge in [-0.3, -0.25) is 19.4 Å². The van der Waals surface area contributed by atoms with Gasteiger partial charge in [0.25, 0.3) is 5.91 Å². The van der Waals surface area contributed by atoms with Crippen molar-refractivity contribution >= 4 is 46.9 Å². The first-order valence-electron chi connectivity index (χ1n) is 23.7. The second-order valence-corrected chi connectivity index (χ2v) is 20.9. The number of fused-ring (bicyclic) bond motifs is 1. The summed E-state index contributed by atoms with van der Waals surface area (Å²) in [6, 6.07) is 19.7. The summed E-state index contributed by atoms with van der Waals surface area (Å²) in [7, 11) is 0. The maximum absolute atomic E-state index is 14.2. The number of anilines is 1. The van der Waals surface area contributed by atoms with Crippen LogP contribution in [0.2, 0.25) is 0 Å². The van der Waals surface area contributed by atoms with Crippen molar-refractivity contribution in [2.45, 2.75) is 144 Å². The van der Waals surface area contributed by atoms with Gasteiger partial charge < -0.3 is 30.3 Å². The number of alkyl carbamates (subject to hydrolysis) is 1. The molecule has 3 aromatic carbocycles. The molecule has 350 valence electrons. The third-order valence-electron chi connectivity index (χ3n) is 12.4. The Bertz CT molecular complexity index is 2220. The summed E-state index contributed by atoms with van der Waals surface area (Å²) >= 11 is 0. The minimum Gasteiger partial charge on any atom is -0.444 e. The number of amides is 4. The van der Waals surface area contributed by atoms with Crippen molar-refractivity contribution in [3.8, 4) is 11.1 Å². The first-order valence-corrected chi connectivity index (χ1v) is 23.7. The first-order chi connectivity index (χ1) is 30.7. The average molecular weight is 890 g/mol. The van der Waals surface area contributed by atoms with Crippen LogP contribution < -0.4 is 16.0 Å². The number of likely N-dealkylation sites (tertiary alicyclic amines) is 1. The smallest absolute Gasteiger partial charge is 0.410 e. The highest BCUT2D eigenvalue weighted by Gasteiger charge is 2.32. The summed E-state index contributed by atoms with van der Waals surface area (Å²) in [5, 5.41) is 9.18. The Labute approximate surface area is 386 Å². The van der Waals surface area contributed by atoms with E-state index < -0.39 is 23.2 Å².